The van der Waals surface area contributed by atoms with Crippen molar-refractivity contribution >= 4 is 51.2 Å². The molecule has 0 spiro atoms. The van der Waals surface area contributed by atoms with E-state index in [1.54, 1.807) is 24.3 Å². The average Bonchev–Trinajstić information content (AvgIpc) is 3.19. The van der Waals surface area contributed by atoms with Gasteiger partial charge in [-0.1, -0.05) is 45.7 Å². The lowest BCUT2D eigenvalue weighted by Crippen LogP contribution is -2.06. The molecule has 1 aliphatic heterocycles. The van der Waals surface area contributed by atoms with E-state index in [0.29, 0.717) is 30.3 Å². The lowest BCUT2D eigenvalue weighted by atomic mass is 10.1. The molecule has 0 atom stereocenters. The van der Waals surface area contributed by atoms with Crippen molar-refractivity contribution in [3.63, 3.8) is 0 Å². The van der Waals surface area contributed by atoms with Gasteiger partial charge >= 0.3 is 5.97 Å². The molecule has 0 N–H and O–H groups in total. The van der Waals surface area contributed by atoms with Crippen LogP contribution < -0.4 is 9.47 Å². The summed E-state index contributed by atoms with van der Waals surface area (Å²) >= 11 is 9.30. The van der Waals surface area contributed by atoms with Gasteiger partial charge in [0.15, 0.2) is 17.2 Å². The Morgan fingerprint density at radius 3 is 2.69 bits per heavy atom. The number of aliphatic imine (C=N–C) groups is 1. The van der Waals surface area contributed by atoms with Crippen LogP contribution in [0.25, 0.3) is 6.08 Å². The van der Waals surface area contributed by atoms with Crippen LogP contribution in [0.4, 0.5) is 5.69 Å². The van der Waals surface area contributed by atoms with Crippen LogP contribution in [0, 0.1) is 10.1 Å². The summed E-state index contributed by atoms with van der Waals surface area (Å²) in [6.07, 6.45) is 1.54. The molecule has 0 saturated heterocycles. The largest absolute Gasteiger partial charge is 0.490 e. The number of carbonyl (C=O) groups excluding carboxylic acids is 1. The second-order valence-corrected chi connectivity index (χ2v) is 8.64. The summed E-state index contributed by atoms with van der Waals surface area (Å²) in [5.41, 5.74) is 1.64. The summed E-state index contributed by atoms with van der Waals surface area (Å²) in [6.45, 7) is 2.64. The van der Waals surface area contributed by atoms with E-state index in [1.165, 1.54) is 18.2 Å². The second-order valence-electron chi connectivity index (χ2n) is 7.32. The highest BCUT2D eigenvalue weighted by molar-refractivity contribution is 9.10. The third-order valence-corrected chi connectivity index (χ3v) is 5.68. The number of benzene rings is 3. The van der Waals surface area contributed by atoms with Gasteiger partial charge in [0.2, 0.25) is 5.90 Å². The number of ether oxygens (including phenoxy) is 3. The number of carbonyl (C=O) groups is 1. The van der Waals surface area contributed by atoms with E-state index in [4.69, 9.17) is 25.8 Å². The Labute approximate surface area is 214 Å². The predicted molar refractivity (Wildman–Crippen MR) is 135 cm³/mol. The molecule has 3 aromatic rings. The molecule has 0 aliphatic carbocycles. The van der Waals surface area contributed by atoms with E-state index in [-0.39, 0.29) is 27.9 Å². The molecule has 0 fully saturated rings. The minimum Gasteiger partial charge on any atom is -0.490 e. The first kappa shape index (κ1) is 24.4. The topological polar surface area (TPSA) is 100 Å². The van der Waals surface area contributed by atoms with E-state index in [9.17, 15) is 14.9 Å². The molecule has 0 amide bonds. The quantitative estimate of drug-likeness (QED) is 0.139. The number of rotatable bonds is 8. The molecule has 35 heavy (non-hydrogen) atoms. The zero-order chi connectivity index (χ0) is 24.9. The Balaban J connectivity index is 1.58. The molecule has 0 radical (unpaired) electrons. The number of hydrogen-bond donors (Lipinski definition) is 0. The highest BCUT2D eigenvalue weighted by Crippen LogP contribution is 2.32. The number of esters is 1. The monoisotopic (exact) mass is 556 g/mol. The Morgan fingerprint density at radius 2 is 1.94 bits per heavy atom. The van der Waals surface area contributed by atoms with Gasteiger partial charge in [-0.3, -0.25) is 10.1 Å². The first-order chi connectivity index (χ1) is 16.8. The van der Waals surface area contributed by atoms with Crippen LogP contribution in [0.15, 0.2) is 75.8 Å². The third-order valence-electron chi connectivity index (χ3n) is 4.86. The Morgan fingerprint density at radius 1 is 1.11 bits per heavy atom. The van der Waals surface area contributed by atoms with Crippen molar-refractivity contribution in [2.24, 2.45) is 4.99 Å². The minimum atomic E-state index is -0.675. The highest BCUT2D eigenvalue weighted by Gasteiger charge is 2.26. The lowest BCUT2D eigenvalue weighted by molar-refractivity contribution is -0.384. The molecule has 1 heterocycles. The SMILES string of the molecule is CCOc1cc(/C=C2\N=C(c3ccc(Cl)c([N+](=O)[O-])c3)OC2=O)ccc1OCc1cccc(Br)c1. The van der Waals surface area contributed by atoms with Gasteiger partial charge in [-0.15, -0.1) is 0 Å². The van der Waals surface area contributed by atoms with Crippen molar-refractivity contribution in [2.75, 3.05) is 6.61 Å². The fraction of sp³-hybridized carbons (Fsp3) is 0.120. The summed E-state index contributed by atoms with van der Waals surface area (Å²) in [7, 11) is 0. The van der Waals surface area contributed by atoms with Gasteiger partial charge in [0.05, 0.1) is 11.5 Å². The van der Waals surface area contributed by atoms with E-state index in [2.05, 4.69) is 20.9 Å². The van der Waals surface area contributed by atoms with Crippen molar-refractivity contribution < 1.29 is 23.9 Å². The highest BCUT2D eigenvalue weighted by atomic mass is 79.9. The fourth-order valence-electron chi connectivity index (χ4n) is 3.27. The van der Waals surface area contributed by atoms with Crippen LogP contribution >= 0.6 is 27.5 Å². The van der Waals surface area contributed by atoms with Crippen LogP contribution in [0.5, 0.6) is 11.5 Å². The van der Waals surface area contributed by atoms with Gasteiger partial charge in [0, 0.05) is 16.1 Å². The molecule has 1 aliphatic rings. The van der Waals surface area contributed by atoms with Crippen molar-refractivity contribution in [1.82, 2.24) is 0 Å². The summed E-state index contributed by atoms with van der Waals surface area (Å²) in [5, 5.41) is 11.1. The summed E-state index contributed by atoms with van der Waals surface area (Å²) in [5.74, 6) is 0.354. The normalized spacial score (nSPS) is 14.0. The number of nitro benzene ring substituents is 1. The molecule has 178 valence electrons. The van der Waals surface area contributed by atoms with Crippen molar-refractivity contribution in [3.05, 3.63) is 103 Å². The van der Waals surface area contributed by atoms with E-state index in [1.807, 2.05) is 31.2 Å². The molecular formula is C25H18BrClN2O6. The third kappa shape index (κ3) is 5.87. The second kappa shape index (κ2) is 10.7. The van der Waals surface area contributed by atoms with Gasteiger partial charge in [-0.25, -0.2) is 9.79 Å². The maximum Gasteiger partial charge on any atom is 0.363 e. The van der Waals surface area contributed by atoms with E-state index >= 15 is 0 Å². The molecular weight excluding hydrogens is 540 g/mol. The molecule has 0 saturated carbocycles. The minimum absolute atomic E-state index is 0.0231. The molecule has 0 bridgehead atoms. The lowest BCUT2D eigenvalue weighted by Gasteiger charge is -2.13. The van der Waals surface area contributed by atoms with Crippen LogP contribution in [0.3, 0.4) is 0 Å². The summed E-state index contributed by atoms with van der Waals surface area (Å²) in [4.78, 5) is 27.1. The maximum absolute atomic E-state index is 12.4. The number of nitro groups is 1. The molecule has 4 rings (SSSR count). The zero-order valence-corrected chi connectivity index (χ0v) is 20.7. The summed E-state index contributed by atoms with van der Waals surface area (Å²) in [6, 6.07) is 17.1. The standard InChI is InChI=1S/C25H18BrClN2O6/c1-2-33-23-12-15(6-9-22(23)34-14-16-4-3-5-18(26)10-16)11-20-25(30)35-24(28-20)17-7-8-19(27)21(13-17)29(31)32/h3-13H,2,14H2,1H3/b20-11-. The molecule has 10 heteroatoms. The van der Waals surface area contributed by atoms with Crippen LogP contribution in [0.1, 0.15) is 23.6 Å². The number of halogens is 2. The van der Waals surface area contributed by atoms with E-state index < -0.39 is 10.9 Å². The van der Waals surface area contributed by atoms with Gasteiger partial charge in [0.1, 0.15) is 11.6 Å². The van der Waals surface area contributed by atoms with Gasteiger partial charge in [-0.2, -0.15) is 0 Å². The first-order valence-electron chi connectivity index (χ1n) is 10.4. The Bertz CT molecular complexity index is 1370. The van der Waals surface area contributed by atoms with Crippen molar-refractivity contribution in [1.29, 1.82) is 0 Å². The number of hydrogen-bond acceptors (Lipinski definition) is 7. The van der Waals surface area contributed by atoms with Gasteiger partial charge in [0.25, 0.3) is 5.69 Å². The molecule has 3 aromatic carbocycles. The average molecular weight is 558 g/mol. The summed E-state index contributed by atoms with van der Waals surface area (Å²) < 4.78 is 17.9. The van der Waals surface area contributed by atoms with Crippen LogP contribution in [-0.4, -0.2) is 23.4 Å². The Kier molecular flexibility index (Phi) is 7.48. The van der Waals surface area contributed by atoms with Crippen molar-refractivity contribution in [3.8, 4) is 11.5 Å². The van der Waals surface area contributed by atoms with Crippen LogP contribution in [-0.2, 0) is 16.1 Å². The fourth-order valence-corrected chi connectivity index (χ4v) is 3.90. The first-order valence-corrected chi connectivity index (χ1v) is 11.6. The number of nitrogens with zero attached hydrogens (tertiary/aromatic N) is 2. The van der Waals surface area contributed by atoms with Gasteiger partial charge < -0.3 is 14.2 Å². The smallest absolute Gasteiger partial charge is 0.363 e. The molecule has 0 aromatic heterocycles. The van der Waals surface area contributed by atoms with E-state index in [0.717, 1.165) is 10.0 Å². The predicted octanol–water partition coefficient (Wildman–Crippen LogP) is 6.33. The number of cyclic esters (lactones) is 1. The maximum atomic E-state index is 12.4. The van der Waals surface area contributed by atoms with Crippen molar-refractivity contribution in [2.45, 2.75) is 13.5 Å². The Hall–Kier alpha value is -3.69. The molecule has 8 nitrogen and oxygen atoms in total. The molecule has 0 unspecified atom stereocenters. The van der Waals surface area contributed by atoms with Gasteiger partial charge in [-0.05, 0) is 60.5 Å². The van der Waals surface area contributed by atoms with Crippen LogP contribution in [0.2, 0.25) is 5.02 Å². The zero-order valence-electron chi connectivity index (χ0n) is 18.4.